The topological polar surface area (TPSA) is 78.3 Å². The van der Waals surface area contributed by atoms with Crippen molar-refractivity contribution in [2.75, 3.05) is 7.11 Å². The Hall–Kier alpha value is -3.71. The van der Waals surface area contributed by atoms with Gasteiger partial charge in [0.05, 0.1) is 23.3 Å². The molecule has 1 saturated carbocycles. The predicted octanol–water partition coefficient (Wildman–Crippen LogP) is 5.68. The lowest BCUT2D eigenvalue weighted by Crippen LogP contribution is -2.16. The summed E-state index contributed by atoms with van der Waals surface area (Å²) in [5.41, 5.74) is 3.02. The predicted molar refractivity (Wildman–Crippen MR) is 136 cm³/mol. The first kappa shape index (κ1) is 23.1. The largest absolute Gasteiger partial charge is 0.465 e. The van der Waals surface area contributed by atoms with Crippen molar-refractivity contribution in [1.82, 2.24) is 8.96 Å². The lowest BCUT2D eigenvalue weighted by Gasteiger charge is -2.16. The number of aromatic nitrogens is 2. The molecule has 2 heterocycles. The van der Waals surface area contributed by atoms with E-state index in [1.165, 1.54) is 11.1 Å². The molecule has 1 fully saturated rings. The van der Waals surface area contributed by atoms with E-state index in [0.717, 1.165) is 42.2 Å². The average Bonchev–Trinajstić information content (AvgIpc) is 3.55. The molecule has 0 spiro atoms. The number of hydrogen-bond acceptors (Lipinski definition) is 5. The second-order valence-corrected chi connectivity index (χ2v) is 10.5. The summed E-state index contributed by atoms with van der Waals surface area (Å²) >= 11 is 0. The van der Waals surface area contributed by atoms with Crippen molar-refractivity contribution in [3.05, 3.63) is 102 Å². The summed E-state index contributed by atoms with van der Waals surface area (Å²) in [5, 5.41) is 0.741. The van der Waals surface area contributed by atoms with Crippen LogP contribution in [0.3, 0.4) is 0 Å². The van der Waals surface area contributed by atoms with Crippen molar-refractivity contribution < 1.29 is 17.9 Å². The minimum atomic E-state index is -3.93. The minimum Gasteiger partial charge on any atom is -0.465 e. The van der Waals surface area contributed by atoms with Crippen molar-refractivity contribution in [2.45, 2.75) is 30.6 Å². The van der Waals surface area contributed by atoms with E-state index in [1.54, 1.807) is 54.7 Å². The van der Waals surface area contributed by atoms with Crippen LogP contribution in [0.5, 0.6) is 0 Å². The van der Waals surface area contributed by atoms with Crippen LogP contribution >= 0.6 is 0 Å². The van der Waals surface area contributed by atoms with Crippen molar-refractivity contribution >= 4 is 32.6 Å². The number of benzene rings is 2. The van der Waals surface area contributed by atoms with Gasteiger partial charge >= 0.3 is 5.97 Å². The summed E-state index contributed by atoms with van der Waals surface area (Å²) in [6, 6.07) is 21.1. The molecular formula is C28H26N2O4S. The van der Waals surface area contributed by atoms with Gasteiger partial charge in [-0.05, 0) is 66.8 Å². The third-order valence-corrected chi connectivity index (χ3v) is 8.22. The van der Waals surface area contributed by atoms with Gasteiger partial charge in [0.25, 0.3) is 10.0 Å². The van der Waals surface area contributed by atoms with Crippen LogP contribution < -0.4 is 0 Å². The highest BCUT2D eigenvalue weighted by atomic mass is 32.2. The number of nitrogens with zero attached hydrogens (tertiary/aromatic N) is 2. The fraction of sp³-hybridized carbons (Fsp3) is 0.214. The number of hydrogen-bond donors (Lipinski definition) is 0. The summed E-state index contributed by atoms with van der Waals surface area (Å²) in [5.74, 6) is -0.0630. The first-order chi connectivity index (χ1) is 17.0. The van der Waals surface area contributed by atoms with E-state index < -0.39 is 16.0 Å². The van der Waals surface area contributed by atoms with Gasteiger partial charge < -0.3 is 4.74 Å². The molecule has 0 unspecified atom stereocenters. The molecule has 1 aliphatic carbocycles. The molecule has 0 N–H and O–H groups in total. The Balaban J connectivity index is 1.75. The van der Waals surface area contributed by atoms with Gasteiger partial charge in [-0.15, -0.1) is 0 Å². The van der Waals surface area contributed by atoms with Gasteiger partial charge in [-0.3, -0.25) is 0 Å². The molecule has 0 aliphatic heterocycles. The Morgan fingerprint density at radius 1 is 0.971 bits per heavy atom. The van der Waals surface area contributed by atoms with Crippen molar-refractivity contribution in [3.8, 4) is 0 Å². The normalized spacial score (nSPS) is 14.9. The second-order valence-electron chi connectivity index (χ2n) is 8.72. The number of fused-ring (bicyclic) bond motifs is 1. The van der Waals surface area contributed by atoms with Gasteiger partial charge in [-0.25, -0.2) is 22.2 Å². The van der Waals surface area contributed by atoms with Gasteiger partial charge in [0.1, 0.15) is 0 Å². The molecule has 0 saturated heterocycles. The molecule has 178 valence electrons. The molecule has 0 radical (unpaired) electrons. The van der Waals surface area contributed by atoms with Gasteiger partial charge in [-0.2, -0.15) is 0 Å². The van der Waals surface area contributed by atoms with E-state index in [2.05, 4.69) is 11.1 Å². The molecule has 5 rings (SSSR count). The lowest BCUT2D eigenvalue weighted by atomic mass is 9.95. The van der Waals surface area contributed by atoms with Crippen LogP contribution in [-0.2, 0) is 14.8 Å². The van der Waals surface area contributed by atoms with E-state index in [0.29, 0.717) is 22.8 Å². The van der Waals surface area contributed by atoms with Gasteiger partial charge in [-0.1, -0.05) is 49.2 Å². The molecular weight excluding hydrogens is 460 g/mol. The summed E-state index contributed by atoms with van der Waals surface area (Å²) in [6.07, 6.45) is 8.23. The Labute approximate surface area is 204 Å². The highest BCUT2D eigenvalue weighted by Gasteiger charge is 2.27. The fourth-order valence-electron chi connectivity index (χ4n) is 4.73. The number of carbonyl (C=O) groups is 1. The molecule has 1 aliphatic rings. The summed E-state index contributed by atoms with van der Waals surface area (Å²) < 4.78 is 34.0. The first-order valence-electron chi connectivity index (χ1n) is 11.7. The quantitative estimate of drug-likeness (QED) is 0.328. The zero-order chi connectivity index (χ0) is 24.4. The van der Waals surface area contributed by atoms with E-state index >= 15 is 0 Å². The number of carbonyl (C=O) groups excluding carboxylic acids is 1. The zero-order valence-corrected chi connectivity index (χ0v) is 20.2. The molecule has 2 aromatic carbocycles. The zero-order valence-electron chi connectivity index (χ0n) is 19.4. The number of rotatable bonds is 6. The maximum atomic E-state index is 13.9. The Morgan fingerprint density at radius 3 is 2.34 bits per heavy atom. The van der Waals surface area contributed by atoms with Crippen LogP contribution in [-0.4, -0.2) is 30.5 Å². The van der Waals surface area contributed by atoms with Crippen molar-refractivity contribution in [2.24, 2.45) is 5.92 Å². The molecule has 0 amide bonds. The van der Waals surface area contributed by atoms with Gasteiger partial charge in [0.2, 0.25) is 0 Å². The van der Waals surface area contributed by atoms with Crippen LogP contribution in [0.2, 0.25) is 0 Å². The van der Waals surface area contributed by atoms with Crippen LogP contribution in [0.25, 0.3) is 16.6 Å². The second kappa shape index (κ2) is 9.50. The van der Waals surface area contributed by atoms with Gasteiger partial charge in [0, 0.05) is 17.2 Å². The molecule has 35 heavy (non-hydrogen) atoms. The Bertz CT molecular complexity index is 1500. The minimum absolute atomic E-state index is 0.200. The Kier molecular flexibility index (Phi) is 6.26. The SMILES string of the molecule is COC(=O)c1ccc(/C(=C\C2CCCC2)c2cc3cccnc3n2S(=O)(=O)c2ccccc2)cc1. The molecule has 2 aromatic heterocycles. The Morgan fingerprint density at radius 2 is 1.66 bits per heavy atom. The fourth-order valence-corrected chi connectivity index (χ4v) is 6.24. The maximum absolute atomic E-state index is 13.9. The standard InChI is InChI=1S/C28H26N2O4S/c1-34-28(31)22-15-13-21(14-16-22)25(18-20-8-5-6-9-20)26-19-23-10-7-17-29-27(23)30(26)35(32,33)24-11-3-2-4-12-24/h2-4,7,10-20H,5-6,8-9H2,1H3/b25-18+. The van der Waals surface area contributed by atoms with Gasteiger partial charge in [0.15, 0.2) is 5.65 Å². The summed E-state index contributed by atoms with van der Waals surface area (Å²) in [6.45, 7) is 0. The monoisotopic (exact) mass is 486 g/mol. The molecule has 0 atom stereocenters. The average molecular weight is 487 g/mol. The number of methoxy groups -OCH3 is 1. The molecule has 7 heteroatoms. The maximum Gasteiger partial charge on any atom is 0.337 e. The van der Waals surface area contributed by atoms with E-state index in [1.807, 2.05) is 24.3 Å². The number of pyridine rings is 1. The van der Waals surface area contributed by atoms with E-state index in [9.17, 15) is 13.2 Å². The third-order valence-electron chi connectivity index (χ3n) is 6.50. The molecule has 4 aromatic rings. The lowest BCUT2D eigenvalue weighted by molar-refractivity contribution is 0.0600. The third kappa shape index (κ3) is 4.39. The first-order valence-corrected chi connectivity index (χ1v) is 13.1. The summed E-state index contributed by atoms with van der Waals surface area (Å²) in [4.78, 5) is 16.6. The summed E-state index contributed by atoms with van der Waals surface area (Å²) in [7, 11) is -2.58. The van der Waals surface area contributed by atoms with Crippen LogP contribution in [0.15, 0.2) is 90.0 Å². The number of ether oxygens (including phenoxy) is 1. The highest BCUT2D eigenvalue weighted by molar-refractivity contribution is 7.90. The van der Waals surface area contributed by atoms with Crippen LogP contribution in [0.1, 0.15) is 47.3 Å². The molecule has 0 bridgehead atoms. The highest BCUT2D eigenvalue weighted by Crippen LogP contribution is 2.36. The van der Waals surface area contributed by atoms with Crippen LogP contribution in [0, 0.1) is 5.92 Å². The number of esters is 1. The van der Waals surface area contributed by atoms with Crippen molar-refractivity contribution in [1.29, 1.82) is 0 Å². The van der Waals surface area contributed by atoms with Crippen molar-refractivity contribution in [3.63, 3.8) is 0 Å². The smallest absolute Gasteiger partial charge is 0.337 e. The number of allylic oxidation sites excluding steroid dienone is 1. The van der Waals surface area contributed by atoms with Crippen LogP contribution in [0.4, 0.5) is 0 Å². The molecule has 6 nitrogen and oxygen atoms in total. The van der Waals surface area contributed by atoms with E-state index in [-0.39, 0.29) is 4.90 Å². The van der Waals surface area contributed by atoms with E-state index in [4.69, 9.17) is 4.74 Å².